The molecule has 5 aromatic rings. The van der Waals surface area contributed by atoms with Crippen molar-refractivity contribution in [1.29, 1.82) is 0 Å². The zero-order valence-electron chi connectivity index (χ0n) is 21.7. The molecule has 11 heteroatoms. The lowest BCUT2D eigenvalue weighted by atomic mass is 10.1. The molecule has 0 bridgehead atoms. The van der Waals surface area contributed by atoms with Crippen LogP contribution in [0.15, 0.2) is 55.4 Å². The minimum absolute atomic E-state index is 0.285. The Morgan fingerprint density at radius 1 is 1.08 bits per heavy atom. The summed E-state index contributed by atoms with van der Waals surface area (Å²) in [6.07, 6.45) is 10.4. The molecule has 0 spiro atoms. The van der Waals surface area contributed by atoms with Crippen molar-refractivity contribution < 1.29 is 9.53 Å². The lowest BCUT2D eigenvalue weighted by Gasteiger charge is -2.38. The molecule has 1 aromatic carbocycles. The molecule has 2 atom stereocenters. The minimum Gasteiger partial charge on any atom is -0.450 e. The Morgan fingerprint density at radius 2 is 1.84 bits per heavy atom. The molecule has 1 aliphatic heterocycles. The lowest BCUT2D eigenvalue weighted by Crippen LogP contribution is -2.54. The normalized spacial score (nSPS) is 17.7. The summed E-state index contributed by atoms with van der Waals surface area (Å²) in [4.78, 5) is 29.6. The van der Waals surface area contributed by atoms with Gasteiger partial charge in [-0.1, -0.05) is 0 Å². The van der Waals surface area contributed by atoms with Crippen LogP contribution in [0.2, 0.25) is 0 Å². The quantitative estimate of drug-likeness (QED) is 0.368. The van der Waals surface area contributed by atoms with Crippen molar-refractivity contribution in [3.05, 3.63) is 66.6 Å². The summed E-state index contributed by atoms with van der Waals surface area (Å²) >= 11 is 0. The van der Waals surface area contributed by atoms with Crippen LogP contribution >= 0.6 is 0 Å². The van der Waals surface area contributed by atoms with Gasteiger partial charge in [-0.2, -0.15) is 5.10 Å². The second-order valence-corrected chi connectivity index (χ2v) is 9.87. The van der Waals surface area contributed by atoms with E-state index in [1.807, 2.05) is 42.9 Å². The molecule has 6 rings (SSSR count). The van der Waals surface area contributed by atoms with E-state index in [1.165, 1.54) is 0 Å². The van der Waals surface area contributed by atoms with E-state index < -0.39 is 0 Å². The Kier molecular flexibility index (Phi) is 5.91. The molecular weight excluding hydrogens is 482 g/mol. The van der Waals surface area contributed by atoms with Crippen LogP contribution in [-0.4, -0.2) is 60.2 Å². The Balaban J connectivity index is 1.34. The molecule has 0 radical (unpaired) electrons. The standard InChI is InChI=1S/C27H29N9O2/c1-16-11-35(12-17(2)31-16)22-6-5-21(24-25(22)29-8-7-28-24)27(37)33-19-9-23(38-20-10-30-34(4)15-20)26-32-18(3)13-36(26)14-19/h5-10,13-17,31H,11-12H2,1-4H3,(H,33,37). The first-order chi connectivity index (χ1) is 18.3. The maximum atomic E-state index is 13.6. The van der Waals surface area contributed by atoms with Crippen LogP contribution in [-0.2, 0) is 7.05 Å². The molecule has 4 aromatic heterocycles. The van der Waals surface area contributed by atoms with E-state index in [0.717, 1.165) is 24.5 Å². The van der Waals surface area contributed by atoms with Gasteiger partial charge >= 0.3 is 0 Å². The van der Waals surface area contributed by atoms with Crippen LogP contribution in [0.3, 0.4) is 0 Å². The fraction of sp³-hybridized carbons (Fsp3) is 0.296. The number of fused-ring (bicyclic) bond motifs is 2. The van der Waals surface area contributed by atoms with Gasteiger partial charge in [0.1, 0.15) is 11.0 Å². The third kappa shape index (κ3) is 4.52. The summed E-state index contributed by atoms with van der Waals surface area (Å²) in [6, 6.07) is 6.25. The molecule has 38 heavy (non-hydrogen) atoms. The highest BCUT2D eigenvalue weighted by molar-refractivity contribution is 6.13. The molecule has 1 saturated heterocycles. The van der Waals surface area contributed by atoms with Gasteiger partial charge in [-0.25, -0.2) is 4.98 Å². The van der Waals surface area contributed by atoms with Gasteiger partial charge in [-0.15, -0.1) is 0 Å². The maximum absolute atomic E-state index is 13.6. The number of hydrogen-bond acceptors (Lipinski definition) is 8. The number of imidazole rings is 1. The van der Waals surface area contributed by atoms with Crippen LogP contribution in [0.5, 0.6) is 11.5 Å². The number of aryl methyl sites for hydroxylation is 2. The van der Waals surface area contributed by atoms with E-state index in [1.54, 1.807) is 35.5 Å². The van der Waals surface area contributed by atoms with Crippen LogP contribution in [0, 0.1) is 6.92 Å². The predicted octanol–water partition coefficient (Wildman–Crippen LogP) is 3.55. The van der Waals surface area contributed by atoms with E-state index in [0.29, 0.717) is 51.5 Å². The number of carbonyl (C=O) groups is 1. The van der Waals surface area contributed by atoms with Gasteiger partial charge in [0.05, 0.1) is 35.0 Å². The van der Waals surface area contributed by atoms with Crippen molar-refractivity contribution in [2.75, 3.05) is 23.3 Å². The number of nitrogens with zero attached hydrogens (tertiary/aromatic N) is 7. The third-order valence-corrected chi connectivity index (χ3v) is 6.55. The number of rotatable bonds is 5. The predicted molar refractivity (Wildman–Crippen MR) is 145 cm³/mol. The number of hydrogen-bond donors (Lipinski definition) is 2. The summed E-state index contributed by atoms with van der Waals surface area (Å²) in [5, 5.41) is 10.7. The Labute approximate surface area is 219 Å². The van der Waals surface area contributed by atoms with Crippen molar-refractivity contribution in [2.24, 2.45) is 7.05 Å². The van der Waals surface area contributed by atoms with Gasteiger partial charge in [0.15, 0.2) is 17.1 Å². The Morgan fingerprint density at radius 3 is 2.58 bits per heavy atom. The first kappa shape index (κ1) is 23.9. The van der Waals surface area contributed by atoms with Crippen molar-refractivity contribution in [2.45, 2.75) is 32.9 Å². The molecule has 2 N–H and O–H groups in total. The van der Waals surface area contributed by atoms with E-state index in [-0.39, 0.29) is 5.91 Å². The number of carbonyl (C=O) groups excluding carboxylic acids is 1. The van der Waals surface area contributed by atoms with E-state index in [2.05, 4.69) is 49.4 Å². The molecule has 5 heterocycles. The van der Waals surface area contributed by atoms with Gasteiger partial charge < -0.3 is 24.7 Å². The summed E-state index contributed by atoms with van der Waals surface area (Å²) in [6.45, 7) is 7.95. The summed E-state index contributed by atoms with van der Waals surface area (Å²) < 4.78 is 9.57. The summed E-state index contributed by atoms with van der Waals surface area (Å²) in [7, 11) is 1.82. The number of nitrogens with one attached hydrogen (secondary N) is 2. The highest BCUT2D eigenvalue weighted by Gasteiger charge is 2.25. The second kappa shape index (κ2) is 9.42. The fourth-order valence-corrected chi connectivity index (χ4v) is 5.11. The average molecular weight is 512 g/mol. The Hall–Kier alpha value is -4.51. The summed E-state index contributed by atoms with van der Waals surface area (Å²) in [5.41, 5.74) is 4.74. The Bertz CT molecular complexity index is 1650. The number of anilines is 2. The monoisotopic (exact) mass is 511 g/mol. The molecule has 11 nitrogen and oxygen atoms in total. The first-order valence-electron chi connectivity index (χ1n) is 12.6. The van der Waals surface area contributed by atoms with E-state index in [9.17, 15) is 4.79 Å². The van der Waals surface area contributed by atoms with Crippen LogP contribution < -0.4 is 20.3 Å². The SMILES string of the molecule is Cc1cn2cc(NC(=O)c3ccc(N4CC(C)NC(C)C4)c4nccnc34)cc(Oc3cnn(C)c3)c2n1. The topological polar surface area (TPSA) is 115 Å². The van der Waals surface area contributed by atoms with Crippen LogP contribution in [0.25, 0.3) is 16.7 Å². The van der Waals surface area contributed by atoms with Crippen LogP contribution in [0.1, 0.15) is 29.9 Å². The molecule has 1 aliphatic rings. The first-order valence-corrected chi connectivity index (χ1v) is 12.6. The van der Waals surface area contributed by atoms with Crippen molar-refractivity contribution in [1.82, 2.24) is 34.4 Å². The summed E-state index contributed by atoms with van der Waals surface area (Å²) in [5.74, 6) is 0.797. The number of pyridine rings is 1. The fourth-order valence-electron chi connectivity index (χ4n) is 5.11. The van der Waals surface area contributed by atoms with Crippen LogP contribution in [0.4, 0.5) is 11.4 Å². The zero-order chi connectivity index (χ0) is 26.4. The van der Waals surface area contributed by atoms with E-state index >= 15 is 0 Å². The smallest absolute Gasteiger partial charge is 0.257 e. The number of ether oxygens (including phenoxy) is 1. The van der Waals surface area contributed by atoms with Gasteiger partial charge in [-0.3, -0.25) is 19.4 Å². The molecule has 0 aliphatic carbocycles. The molecular formula is C27H29N9O2. The maximum Gasteiger partial charge on any atom is 0.257 e. The highest BCUT2D eigenvalue weighted by atomic mass is 16.5. The van der Waals surface area contributed by atoms with Gasteiger partial charge in [0.2, 0.25) is 0 Å². The molecule has 0 saturated carbocycles. The molecule has 1 amide bonds. The van der Waals surface area contributed by atoms with Crippen molar-refractivity contribution in [3.8, 4) is 11.5 Å². The largest absolute Gasteiger partial charge is 0.450 e. The molecule has 194 valence electrons. The third-order valence-electron chi connectivity index (χ3n) is 6.55. The average Bonchev–Trinajstić information content (AvgIpc) is 3.46. The number of aromatic nitrogens is 6. The number of amides is 1. The lowest BCUT2D eigenvalue weighted by molar-refractivity contribution is 0.102. The molecule has 2 unspecified atom stereocenters. The van der Waals surface area contributed by atoms with Gasteiger partial charge in [-0.05, 0) is 32.9 Å². The molecule has 1 fully saturated rings. The highest BCUT2D eigenvalue weighted by Crippen LogP contribution is 2.31. The van der Waals surface area contributed by atoms with Gasteiger partial charge in [0, 0.05) is 63.1 Å². The van der Waals surface area contributed by atoms with E-state index in [4.69, 9.17) is 4.74 Å². The van der Waals surface area contributed by atoms with Crippen molar-refractivity contribution in [3.63, 3.8) is 0 Å². The minimum atomic E-state index is -0.285. The van der Waals surface area contributed by atoms with Gasteiger partial charge in [0.25, 0.3) is 5.91 Å². The second-order valence-electron chi connectivity index (χ2n) is 9.87. The van der Waals surface area contributed by atoms with Crippen molar-refractivity contribution >= 4 is 34.0 Å². The zero-order valence-corrected chi connectivity index (χ0v) is 21.7. The number of piperazine rings is 1. The number of benzene rings is 1.